The molecule has 0 spiro atoms. The van der Waals surface area contributed by atoms with E-state index in [0.717, 1.165) is 6.42 Å². The van der Waals surface area contributed by atoms with Crippen molar-refractivity contribution in [2.45, 2.75) is 32.3 Å². The monoisotopic (exact) mass is 331 g/mol. The van der Waals surface area contributed by atoms with Gasteiger partial charge in [0, 0.05) is 6.07 Å². The van der Waals surface area contributed by atoms with Crippen molar-refractivity contribution in [3.8, 4) is 5.75 Å². The normalized spacial score (nSPS) is 13.2. The third-order valence-corrected chi connectivity index (χ3v) is 3.58. The summed E-state index contributed by atoms with van der Waals surface area (Å²) in [6.07, 6.45) is 0.647. The van der Waals surface area contributed by atoms with E-state index in [1.54, 1.807) is 31.2 Å². The Balaban J connectivity index is 2.09. The van der Waals surface area contributed by atoms with Gasteiger partial charge in [0.2, 0.25) is 5.91 Å². The average Bonchev–Trinajstić information content (AvgIpc) is 2.55. The van der Waals surface area contributed by atoms with Crippen LogP contribution in [0.2, 0.25) is 0 Å². The van der Waals surface area contributed by atoms with E-state index in [9.17, 15) is 14.3 Å². The van der Waals surface area contributed by atoms with E-state index in [2.05, 4.69) is 5.32 Å². The number of hydrogen-bond acceptors (Lipinski definition) is 3. The molecule has 0 fully saturated rings. The topological polar surface area (TPSA) is 58.6 Å². The van der Waals surface area contributed by atoms with Crippen LogP contribution in [0.5, 0.6) is 5.75 Å². The van der Waals surface area contributed by atoms with Crippen molar-refractivity contribution in [1.82, 2.24) is 0 Å². The Labute approximate surface area is 141 Å². The number of benzene rings is 2. The van der Waals surface area contributed by atoms with E-state index in [0.29, 0.717) is 17.9 Å². The number of carbonyl (C=O) groups excluding carboxylic acids is 1. The summed E-state index contributed by atoms with van der Waals surface area (Å²) in [6, 6.07) is 12.9. The number of halogens is 1. The number of aliphatic hydroxyl groups is 1. The maximum absolute atomic E-state index is 13.4. The molecular weight excluding hydrogens is 309 g/mol. The van der Waals surface area contributed by atoms with Gasteiger partial charge in [0.25, 0.3) is 0 Å². The third kappa shape index (κ3) is 4.80. The van der Waals surface area contributed by atoms with Crippen LogP contribution in [-0.2, 0) is 10.4 Å². The lowest BCUT2D eigenvalue weighted by Crippen LogP contribution is -2.28. The van der Waals surface area contributed by atoms with Crippen molar-refractivity contribution in [2.75, 3.05) is 11.9 Å². The fourth-order valence-electron chi connectivity index (χ4n) is 2.34. The number of nitrogens with one attached hydrogen (secondary N) is 1. The van der Waals surface area contributed by atoms with E-state index >= 15 is 0 Å². The molecule has 24 heavy (non-hydrogen) atoms. The molecule has 0 aromatic heterocycles. The van der Waals surface area contributed by atoms with E-state index in [-0.39, 0.29) is 18.1 Å². The van der Waals surface area contributed by atoms with Crippen molar-refractivity contribution in [1.29, 1.82) is 0 Å². The summed E-state index contributed by atoms with van der Waals surface area (Å²) in [5.74, 6) is -0.531. The highest BCUT2D eigenvalue weighted by atomic mass is 19.1. The standard InChI is InChI=1S/C19H22FNO3/c1-3-11-24-17-12-15(20)9-10-16(17)21-18(22)13-19(2,23)14-7-5-4-6-8-14/h4-10,12,23H,3,11,13H2,1-2H3,(H,21,22). The van der Waals surface area contributed by atoms with Crippen LogP contribution in [0.15, 0.2) is 48.5 Å². The Morgan fingerprint density at radius 1 is 1.25 bits per heavy atom. The smallest absolute Gasteiger partial charge is 0.227 e. The second-order valence-corrected chi connectivity index (χ2v) is 5.85. The van der Waals surface area contributed by atoms with Gasteiger partial charge in [-0.15, -0.1) is 0 Å². The van der Waals surface area contributed by atoms with Gasteiger partial charge in [-0.1, -0.05) is 37.3 Å². The van der Waals surface area contributed by atoms with Crippen LogP contribution in [0.3, 0.4) is 0 Å². The van der Waals surface area contributed by atoms with Crippen LogP contribution in [0.25, 0.3) is 0 Å². The first kappa shape index (κ1) is 17.9. The van der Waals surface area contributed by atoms with Crippen LogP contribution >= 0.6 is 0 Å². The second-order valence-electron chi connectivity index (χ2n) is 5.85. The zero-order valence-electron chi connectivity index (χ0n) is 13.9. The summed E-state index contributed by atoms with van der Waals surface area (Å²) in [7, 11) is 0. The molecule has 0 saturated carbocycles. The Bertz CT molecular complexity index is 686. The molecule has 0 aliphatic rings. The third-order valence-electron chi connectivity index (χ3n) is 3.58. The molecule has 4 nitrogen and oxygen atoms in total. The molecule has 0 aliphatic heterocycles. The number of anilines is 1. The molecule has 0 radical (unpaired) electrons. The van der Waals surface area contributed by atoms with Crippen LogP contribution in [0.4, 0.5) is 10.1 Å². The van der Waals surface area contributed by atoms with Crippen molar-refractivity contribution in [3.05, 3.63) is 59.9 Å². The summed E-state index contributed by atoms with van der Waals surface area (Å²) in [5.41, 5.74) is -0.254. The fraction of sp³-hybridized carbons (Fsp3) is 0.316. The maximum atomic E-state index is 13.4. The van der Waals surface area contributed by atoms with E-state index in [1.807, 2.05) is 13.0 Å². The molecule has 1 unspecified atom stereocenters. The highest BCUT2D eigenvalue weighted by Gasteiger charge is 2.26. The van der Waals surface area contributed by atoms with Crippen molar-refractivity contribution < 1.29 is 19.0 Å². The van der Waals surface area contributed by atoms with Crippen molar-refractivity contribution >= 4 is 11.6 Å². The minimum absolute atomic E-state index is 0.123. The Morgan fingerprint density at radius 2 is 1.96 bits per heavy atom. The molecule has 5 heteroatoms. The first-order chi connectivity index (χ1) is 11.4. The van der Waals surface area contributed by atoms with Crippen LogP contribution in [-0.4, -0.2) is 17.6 Å². The lowest BCUT2D eigenvalue weighted by molar-refractivity contribution is -0.120. The second kappa shape index (κ2) is 7.93. The van der Waals surface area contributed by atoms with E-state index in [4.69, 9.17) is 4.74 Å². The van der Waals surface area contributed by atoms with Crippen LogP contribution in [0.1, 0.15) is 32.3 Å². The van der Waals surface area contributed by atoms with E-state index < -0.39 is 11.4 Å². The summed E-state index contributed by atoms with van der Waals surface area (Å²) in [6.45, 7) is 3.95. The lowest BCUT2D eigenvalue weighted by atomic mass is 9.92. The molecule has 1 atom stereocenters. The van der Waals surface area contributed by atoms with Gasteiger partial charge in [0.05, 0.1) is 24.3 Å². The van der Waals surface area contributed by atoms with Gasteiger partial charge in [-0.05, 0) is 31.0 Å². The Hall–Kier alpha value is -2.40. The fourth-order valence-corrected chi connectivity index (χ4v) is 2.34. The number of hydrogen-bond donors (Lipinski definition) is 2. The van der Waals surface area contributed by atoms with Crippen molar-refractivity contribution in [3.63, 3.8) is 0 Å². The molecule has 0 saturated heterocycles. The summed E-state index contributed by atoms with van der Waals surface area (Å²) >= 11 is 0. The molecule has 2 aromatic carbocycles. The first-order valence-corrected chi connectivity index (χ1v) is 7.92. The Morgan fingerprint density at radius 3 is 2.62 bits per heavy atom. The quantitative estimate of drug-likeness (QED) is 0.810. The number of ether oxygens (including phenoxy) is 1. The molecule has 0 aliphatic carbocycles. The molecule has 2 aromatic rings. The first-order valence-electron chi connectivity index (χ1n) is 7.92. The van der Waals surface area contributed by atoms with Crippen molar-refractivity contribution in [2.24, 2.45) is 0 Å². The summed E-state index contributed by atoms with van der Waals surface area (Å²) < 4.78 is 18.8. The highest BCUT2D eigenvalue weighted by Crippen LogP contribution is 2.28. The predicted molar refractivity (Wildman–Crippen MR) is 91.4 cm³/mol. The van der Waals surface area contributed by atoms with Gasteiger partial charge in [0.1, 0.15) is 11.6 Å². The predicted octanol–water partition coefficient (Wildman–Crippen LogP) is 3.85. The molecule has 128 valence electrons. The lowest BCUT2D eigenvalue weighted by Gasteiger charge is -2.23. The zero-order chi connectivity index (χ0) is 17.6. The molecule has 1 amide bonds. The van der Waals surface area contributed by atoms with Gasteiger partial charge in [-0.2, -0.15) is 0 Å². The van der Waals surface area contributed by atoms with Gasteiger partial charge >= 0.3 is 0 Å². The number of rotatable bonds is 7. The molecular formula is C19H22FNO3. The molecule has 0 bridgehead atoms. The summed E-state index contributed by atoms with van der Waals surface area (Å²) in [4.78, 5) is 12.3. The number of carbonyl (C=O) groups is 1. The molecule has 2 rings (SSSR count). The minimum Gasteiger partial charge on any atom is -0.491 e. The maximum Gasteiger partial charge on any atom is 0.227 e. The van der Waals surface area contributed by atoms with Gasteiger partial charge in [0.15, 0.2) is 0 Å². The summed E-state index contributed by atoms with van der Waals surface area (Å²) in [5, 5.41) is 13.2. The van der Waals surface area contributed by atoms with Gasteiger partial charge in [-0.25, -0.2) is 4.39 Å². The van der Waals surface area contributed by atoms with Gasteiger partial charge in [-0.3, -0.25) is 4.79 Å². The zero-order valence-corrected chi connectivity index (χ0v) is 13.9. The minimum atomic E-state index is -1.30. The molecule has 0 heterocycles. The number of amides is 1. The molecule has 2 N–H and O–H groups in total. The van der Waals surface area contributed by atoms with Crippen LogP contribution < -0.4 is 10.1 Å². The Kier molecular flexibility index (Phi) is 5.93. The van der Waals surface area contributed by atoms with Gasteiger partial charge < -0.3 is 15.2 Å². The van der Waals surface area contributed by atoms with E-state index in [1.165, 1.54) is 18.2 Å². The van der Waals surface area contributed by atoms with Crippen LogP contribution in [0, 0.1) is 5.82 Å². The highest BCUT2D eigenvalue weighted by molar-refractivity contribution is 5.93. The SMILES string of the molecule is CCCOc1cc(F)ccc1NC(=O)CC(C)(O)c1ccccc1. The average molecular weight is 331 g/mol. The largest absolute Gasteiger partial charge is 0.491 e.